The highest BCUT2D eigenvalue weighted by Gasteiger charge is 2.31. The second kappa shape index (κ2) is 9.15. The number of nitrogens with zero attached hydrogens (tertiary/aromatic N) is 2. The molecule has 1 saturated heterocycles. The molecule has 5 heteroatoms. The van der Waals surface area contributed by atoms with Crippen LogP contribution in [0.5, 0.6) is 0 Å². The largest absolute Gasteiger partial charge is 0.448 e. The molecule has 1 amide bonds. The number of rotatable bonds is 5. The van der Waals surface area contributed by atoms with Crippen LogP contribution in [-0.4, -0.2) is 60.4 Å². The van der Waals surface area contributed by atoms with Crippen LogP contribution >= 0.6 is 0 Å². The van der Waals surface area contributed by atoms with Gasteiger partial charge in [-0.3, -0.25) is 4.90 Å². The lowest BCUT2D eigenvalue weighted by atomic mass is 9.98. The number of aliphatic hydroxyl groups is 1. The van der Waals surface area contributed by atoms with Crippen molar-refractivity contribution in [1.29, 1.82) is 0 Å². The summed E-state index contributed by atoms with van der Waals surface area (Å²) in [6, 6.07) is 26.7. The highest BCUT2D eigenvalue weighted by atomic mass is 16.6. The van der Waals surface area contributed by atoms with Crippen LogP contribution in [0.25, 0.3) is 11.1 Å². The van der Waals surface area contributed by atoms with Crippen molar-refractivity contribution in [3.8, 4) is 11.1 Å². The molecule has 32 heavy (non-hydrogen) atoms. The molecule has 0 bridgehead atoms. The van der Waals surface area contributed by atoms with Gasteiger partial charge in [0.25, 0.3) is 0 Å². The normalized spacial score (nSPS) is 17.0. The minimum Gasteiger partial charge on any atom is -0.448 e. The monoisotopic (exact) mass is 428 g/mol. The average molecular weight is 429 g/mol. The van der Waals surface area contributed by atoms with Gasteiger partial charge in [0.05, 0.1) is 12.6 Å². The van der Waals surface area contributed by atoms with Crippen molar-refractivity contribution in [1.82, 2.24) is 9.80 Å². The number of hydrogen-bond acceptors (Lipinski definition) is 4. The molecule has 2 aliphatic rings. The summed E-state index contributed by atoms with van der Waals surface area (Å²) in [6.07, 6.45) is -0.258. The van der Waals surface area contributed by atoms with Crippen LogP contribution in [0.1, 0.15) is 28.7 Å². The van der Waals surface area contributed by atoms with Crippen molar-refractivity contribution in [2.45, 2.75) is 12.0 Å². The third-order valence-electron chi connectivity index (χ3n) is 6.71. The first-order chi connectivity index (χ1) is 15.8. The van der Waals surface area contributed by atoms with E-state index in [4.69, 9.17) is 4.74 Å². The maximum Gasteiger partial charge on any atom is 0.409 e. The van der Waals surface area contributed by atoms with Crippen LogP contribution in [0.2, 0.25) is 0 Å². The maximum absolute atomic E-state index is 12.8. The summed E-state index contributed by atoms with van der Waals surface area (Å²) in [6.45, 7) is 3.03. The molecule has 1 unspecified atom stereocenters. The Labute approximate surface area is 188 Å². The predicted octanol–water partition coefficient (Wildman–Crippen LogP) is 4.29. The van der Waals surface area contributed by atoms with Gasteiger partial charge >= 0.3 is 6.09 Å². The minimum absolute atomic E-state index is 0.0409. The van der Waals surface area contributed by atoms with E-state index in [1.165, 1.54) is 22.3 Å². The van der Waals surface area contributed by atoms with Gasteiger partial charge in [0.15, 0.2) is 0 Å². The van der Waals surface area contributed by atoms with Crippen molar-refractivity contribution < 1.29 is 14.6 Å². The molecule has 1 aliphatic heterocycles. The van der Waals surface area contributed by atoms with Crippen molar-refractivity contribution >= 4 is 6.09 Å². The minimum atomic E-state index is -0.258. The Morgan fingerprint density at radius 1 is 0.844 bits per heavy atom. The fourth-order valence-corrected chi connectivity index (χ4v) is 5.01. The van der Waals surface area contributed by atoms with Gasteiger partial charge in [0.2, 0.25) is 0 Å². The topological polar surface area (TPSA) is 53.0 Å². The van der Waals surface area contributed by atoms with Crippen LogP contribution in [-0.2, 0) is 4.74 Å². The molecule has 3 aromatic rings. The molecule has 1 N–H and O–H groups in total. The number of benzene rings is 3. The lowest BCUT2D eigenvalue weighted by molar-refractivity contribution is 0.0483. The predicted molar refractivity (Wildman–Crippen MR) is 124 cm³/mol. The standard InChI is InChI=1S/C27H28N2O3/c30-18-26(20-8-2-1-3-9-20)28-14-16-29(17-15-28)27(31)32-19-25-23-12-6-4-10-21(23)22-11-5-7-13-24(22)25/h1-13,25-26,30H,14-19H2. The molecular formula is C27H28N2O3. The molecule has 0 spiro atoms. The number of carbonyl (C=O) groups is 1. The smallest absolute Gasteiger partial charge is 0.409 e. The van der Waals surface area contributed by atoms with E-state index in [-0.39, 0.29) is 24.7 Å². The number of hydrogen-bond donors (Lipinski definition) is 1. The van der Waals surface area contributed by atoms with Crippen molar-refractivity contribution in [2.75, 3.05) is 39.4 Å². The summed E-state index contributed by atoms with van der Waals surface area (Å²) in [4.78, 5) is 16.8. The molecule has 5 nitrogen and oxygen atoms in total. The van der Waals surface area contributed by atoms with Crippen LogP contribution < -0.4 is 0 Å². The van der Waals surface area contributed by atoms with Crippen molar-refractivity contribution in [3.63, 3.8) is 0 Å². The Morgan fingerprint density at radius 3 is 2.00 bits per heavy atom. The fourth-order valence-electron chi connectivity index (χ4n) is 5.01. The molecular weight excluding hydrogens is 400 g/mol. The molecule has 3 aromatic carbocycles. The molecule has 5 rings (SSSR count). The number of fused-ring (bicyclic) bond motifs is 3. The molecule has 0 radical (unpaired) electrons. The third kappa shape index (κ3) is 3.90. The van der Waals surface area contributed by atoms with E-state index in [0.717, 1.165) is 5.56 Å². The van der Waals surface area contributed by atoms with E-state index in [9.17, 15) is 9.90 Å². The molecule has 1 heterocycles. The Bertz CT molecular complexity index is 1030. The second-order valence-corrected chi connectivity index (χ2v) is 8.44. The number of amides is 1. The van der Waals surface area contributed by atoms with E-state index in [0.29, 0.717) is 32.8 Å². The first kappa shape index (κ1) is 20.7. The Hall–Kier alpha value is -3.15. The quantitative estimate of drug-likeness (QED) is 0.659. The van der Waals surface area contributed by atoms with E-state index in [1.807, 2.05) is 42.5 Å². The summed E-state index contributed by atoms with van der Waals surface area (Å²) >= 11 is 0. The Morgan fingerprint density at radius 2 is 1.41 bits per heavy atom. The number of aliphatic hydroxyl groups excluding tert-OH is 1. The van der Waals surface area contributed by atoms with Crippen molar-refractivity contribution in [2.24, 2.45) is 0 Å². The van der Waals surface area contributed by atoms with E-state index >= 15 is 0 Å². The van der Waals surface area contributed by atoms with Gasteiger partial charge in [0, 0.05) is 32.1 Å². The Kier molecular flexibility index (Phi) is 5.93. The molecule has 0 saturated carbocycles. The Balaban J connectivity index is 1.20. The van der Waals surface area contributed by atoms with Crippen LogP contribution in [0, 0.1) is 0 Å². The lowest BCUT2D eigenvalue weighted by Gasteiger charge is -2.38. The van der Waals surface area contributed by atoms with Gasteiger partial charge in [-0.05, 0) is 27.8 Å². The van der Waals surface area contributed by atoms with Gasteiger partial charge in [-0.15, -0.1) is 0 Å². The van der Waals surface area contributed by atoms with Crippen LogP contribution in [0.15, 0.2) is 78.9 Å². The fraction of sp³-hybridized carbons (Fsp3) is 0.296. The van der Waals surface area contributed by atoms with Crippen molar-refractivity contribution in [3.05, 3.63) is 95.6 Å². The molecule has 1 fully saturated rings. The third-order valence-corrected chi connectivity index (χ3v) is 6.71. The van der Waals surface area contributed by atoms with E-state index < -0.39 is 0 Å². The summed E-state index contributed by atoms with van der Waals surface area (Å²) < 4.78 is 5.80. The second-order valence-electron chi connectivity index (χ2n) is 8.44. The summed E-state index contributed by atoms with van der Waals surface area (Å²) in [5.41, 5.74) is 6.01. The molecule has 0 aromatic heterocycles. The number of carbonyl (C=O) groups excluding carboxylic acids is 1. The summed E-state index contributed by atoms with van der Waals surface area (Å²) in [7, 11) is 0. The summed E-state index contributed by atoms with van der Waals surface area (Å²) in [5, 5.41) is 9.93. The molecule has 1 atom stereocenters. The highest BCUT2D eigenvalue weighted by Crippen LogP contribution is 2.44. The first-order valence-electron chi connectivity index (χ1n) is 11.3. The zero-order valence-corrected chi connectivity index (χ0v) is 18.1. The van der Waals surface area contributed by atoms with Gasteiger partial charge in [-0.1, -0.05) is 78.9 Å². The van der Waals surface area contributed by atoms with Gasteiger partial charge in [0.1, 0.15) is 6.61 Å². The van der Waals surface area contributed by atoms with Gasteiger partial charge in [-0.25, -0.2) is 4.79 Å². The molecule has 164 valence electrons. The SMILES string of the molecule is O=C(OCC1c2ccccc2-c2ccccc21)N1CCN(C(CO)c2ccccc2)CC1. The van der Waals surface area contributed by atoms with Gasteiger partial charge < -0.3 is 14.7 Å². The highest BCUT2D eigenvalue weighted by molar-refractivity contribution is 5.79. The maximum atomic E-state index is 12.8. The first-order valence-corrected chi connectivity index (χ1v) is 11.3. The lowest BCUT2D eigenvalue weighted by Crippen LogP contribution is -2.50. The van der Waals surface area contributed by atoms with E-state index in [1.54, 1.807) is 4.90 Å². The van der Waals surface area contributed by atoms with Gasteiger partial charge in [-0.2, -0.15) is 0 Å². The number of ether oxygens (including phenoxy) is 1. The van der Waals surface area contributed by atoms with Crippen LogP contribution in [0.3, 0.4) is 0 Å². The average Bonchev–Trinajstić information content (AvgIpc) is 3.18. The van der Waals surface area contributed by atoms with E-state index in [2.05, 4.69) is 41.3 Å². The summed E-state index contributed by atoms with van der Waals surface area (Å²) in [5.74, 6) is 0.0736. The zero-order valence-electron chi connectivity index (χ0n) is 18.1. The number of piperazine rings is 1. The van der Waals surface area contributed by atoms with Crippen LogP contribution in [0.4, 0.5) is 4.79 Å². The zero-order chi connectivity index (χ0) is 21.9. The molecule has 1 aliphatic carbocycles.